The predicted octanol–water partition coefficient (Wildman–Crippen LogP) is 4.82. The lowest BCUT2D eigenvalue weighted by Gasteiger charge is -2.10. The molecule has 0 bridgehead atoms. The molecule has 0 radical (unpaired) electrons. The van der Waals surface area contributed by atoms with Crippen molar-refractivity contribution in [1.82, 2.24) is 4.57 Å². The number of carboxylic acids is 1. The number of nitrogens with zero attached hydrogens (tertiary/aromatic N) is 1. The van der Waals surface area contributed by atoms with Crippen LogP contribution in [0.2, 0.25) is 5.02 Å². The van der Waals surface area contributed by atoms with Crippen LogP contribution in [-0.4, -0.2) is 27.2 Å². The van der Waals surface area contributed by atoms with E-state index in [4.69, 9.17) is 16.7 Å². The molecule has 5 nitrogen and oxygen atoms in total. The van der Waals surface area contributed by atoms with Crippen molar-refractivity contribution in [1.29, 1.82) is 0 Å². The number of aryl methyl sites for hydroxylation is 1. The van der Waals surface area contributed by atoms with Crippen molar-refractivity contribution in [2.45, 2.75) is 52.4 Å². The highest BCUT2D eigenvalue weighted by atomic mass is 35.5. The quantitative estimate of drug-likeness (QED) is 0.465. The third-order valence-electron chi connectivity index (χ3n) is 4.81. The van der Waals surface area contributed by atoms with Gasteiger partial charge in [0, 0.05) is 53.5 Å². The molecule has 1 aromatic heterocycles. The van der Waals surface area contributed by atoms with Gasteiger partial charge in [-0.2, -0.15) is 0 Å². The Labute approximate surface area is 164 Å². The zero-order valence-corrected chi connectivity index (χ0v) is 16.8. The number of rotatable bonds is 10. The van der Waals surface area contributed by atoms with Gasteiger partial charge >= 0.3 is 5.97 Å². The summed E-state index contributed by atoms with van der Waals surface area (Å²) in [6.07, 6.45) is 2.95. The summed E-state index contributed by atoms with van der Waals surface area (Å²) in [4.78, 5) is 35.1. The van der Waals surface area contributed by atoms with Gasteiger partial charge in [-0.3, -0.25) is 9.59 Å². The summed E-state index contributed by atoms with van der Waals surface area (Å²) in [5, 5.41) is 10.3. The van der Waals surface area contributed by atoms with E-state index in [0.717, 1.165) is 29.4 Å². The van der Waals surface area contributed by atoms with Crippen molar-refractivity contribution in [2.75, 3.05) is 0 Å². The maximum atomic E-state index is 13.0. The van der Waals surface area contributed by atoms with Gasteiger partial charge in [0.15, 0.2) is 5.78 Å². The lowest BCUT2D eigenvalue weighted by Crippen LogP contribution is -2.12. The first-order chi connectivity index (χ1) is 12.7. The molecule has 6 heteroatoms. The van der Waals surface area contributed by atoms with E-state index in [1.807, 2.05) is 17.7 Å². The monoisotopic (exact) mass is 391 g/mol. The first-order valence-electron chi connectivity index (χ1n) is 9.22. The molecule has 146 valence electrons. The lowest BCUT2D eigenvalue weighted by atomic mass is 9.94. The van der Waals surface area contributed by atoms with Gasteiger partial charge in [0.2, 0.25) is 0 Å². The van der Waals surface area contributed by atoms with Gasteiger partial charge in [0.1, 0.15) is 5.78 Å². The number of Topliss-reactive ketones (excluding diaryl/α,β-unsaturated/α-hetero) is 2. The highest BCUT2D eigenvalue weighted by Gasteiger charge is 2.23. The number of fused-ring (bicyclic) bond motifs is 1. The average molecular weight is 392 g/mol. The fourth-order valence-electron chi connectivity index (χ4n) is 3.53. The second kappa shape index (κ2) is 9.18. The average Bonchev–Trinajstić information content (AvgIpc) is 2.82. The molecule has 0 amide bonds. The molecule has 1 aromatic carbocycles. The van der Waals surface area contributed by atoms with Crippen LogP contribution in [0.4, 0.5) is 0 Å². The fraction of sp³-hybridized carbons (Fsp3) is 0.476. The van der Waals surface area contributed by atoms with Gasteiger partial charge in [0.05, 0.1) is 0 Å². The molecule has 0 aliphatic carbocycles. The normalized spacial score (nSPS) is 12.3. The molecule has 0 aliphatic rings. The Balaban J connectivity index is 2.36. The molecule has 0 spiro atoms. The number of hydrogen-bond acceptors (Lipinski definition) is 3. The first-order valence-corrected chi connectivity index (χ1v) is 9.59. The molecule has 27 heavy (non-hydrogen) atoms. The molecule has 1 N–H and O–H groups in total. The number of carboxylic acid groups (broad SMARTS) is 1. The summed E-state index contributed by atoms with van der Waals surface area (Å²) in [5.41, 5.74) is 2.48. The standard InChI is InChI=1S/C21H26ClNO4/c1-13(11-20(26)27)10-19(25)21-16-12-15(22)8-9-17(16)23(3)18(21)7-5-4-6-14(2)24/h8-9,12-13H,4-7,10-11H2,1-3H3,(H,26,27). The fourth-order valence-corrected chi connectivity index (χ4v) is 3.70. The third-order valence-corrected chi connectivity index (χ3v) is 5.05. The van der Waals surface area contributed by atoms with E-state index in [1.165, 1.54) is 0 Å². The number of unbranched alkanes of at least 4 members (excludes halogenated alkanes) is 1. The summed E-state index contributed by atoms with van der Waals surface area (Å²) in [7, 11) is 1.92. The number of halogens is 1. The Morgan fingerprint density at radius 3 is 2.52 bits per heavy atom. The van der Waals surface area contributed by atoms with Crippen LogP contribution in [-0.2, 0) is 23.1 Å². The minimum Gasteiger partial charge on any atom is -0.481 e. The number of carbonyl (C=O) groups excluding carboxylic acids is 2. The van der Waals surface area contributed by atoms with E-state index < -0.39 is 5.97 Å². The van der Waals surface area contributed by atoms with Crippen LogP contribution in [0, 0.1) is 5.92 Å². The lowest BCUT2D eigenvalue weighted by molar-refractivity contribution is -0.137. The summed E-state index contributed by atoms with van der Waals surface area (Å²) < 4.78 is 2.01. The van der Waals surface area contributed by atoms with E-state index in [0.29, 0.717) is 23.4 Å². The second-order valence-electron chi connectivity index (χ2n) is 7.28. The first kappa shape index (κ1) is 21.2. The Morgan fingerprint density at radius 1 is 1.19 bits per heavy atom. The summed E-state index contributed by atoms with van der Waals surface area (Å²) in [6, 6.07) is 5.49. The SMILES string of the molecule is CC(=O)CCCCc1c(C(=O)CC(C)CC(=O)O)c2cc(Cl)ccc2n1C. The van der Waals surface area contributed by atoms with Gasteiger partial charge in [-0.25, -0.2) is 0 Å². The summed E-state index contributed by atoms with van der Waals surface area (Å²) in [6.45, 7) is 3.36. The van der Waals surface area contributed by atoms with E-state index in [9.17, 15) is 14.4 Å². The van der Waals surface area contributed by atoms with Gasteiger partial charge in [-0.05, 0) is 50.3 Å². The van der Waals surface area contributed by atoms with Gasteiger partial charge < -0.3 is 14.5 Å². The van der Waals surface area contributed by atoms with Crippen molar-refractivity contribution in [3.63, 3.8) is 0 Å². The molecule has 1 atom stereocenters. The number of ketones is 2. The second-order valence-corrected chi connectivity index (χ2v) is 7.72. The maximum Gasteiger partial charge on any atom is 0.303 e. The maximum absolute atomic E-state index is 13.0. The number of benzene rings is 1. The number of aromatic nitrogens is 1. The van der Waals surface area contributed by atoms with Crippen LogP contribution in [0.1, 0.15) is 62.0 Å². The Hall–Kier alpha value is -2.14. The van der Waals surface area contributed by atoms with Crippen LogP contribution in [0.25, 0.3) is 10.9 Å². The van der Waals surface area contributed by atoms with Gasteiger partial charge in [-0.1, -0.05) is 18.5 Å². The highest BCUT2D eigenvalue weighted by Crippen LogP contribution is 2.31. The van der Waals surface area contributed by atoms with Crippen molar-refractivity contribution >= 4 is 40.0 Å². The van der Waals surface area contributed by atoms with Gasteiger partial charge in [0.25, 0.3) is 0 Å². The summed E-state index contributed by atoms with van der Waals surface area (Å²) in [5.74, 6) is -1.04. The van der Waals surface area contributed by atoms with Crippen LogP contribution >= 0.6 is 11.6 Å². The van der Waals surface area contributed by atoms with Crippen LogP contribution in [0.5, 0.6) is 0 Å². The van der Waals surface area contributed by atoms with Crippen molar-refractivity contribution in [3.8, 4) is 0 Å². The molecule has 0 fully saturated rings. The van der Waals surface area contributed by atoms with Gasteiger partial charge in [-0.15, -0.1) is 0 Å². The Bertz CT molecular complexity index is 869. The third kappa shape index (κ3) is 5.42. The van der Waals surface area contributed by atoms with Crippen molar-refractivity contribution in [3.05, 3.63) is 34.5 Å². The predicted molar refractivity (Wildman–Crippen MR) is 107 cm³/mol. The zero-order valence-electron chi connectivity index (χ0n) is 16.0. The molecular formula is C21H26ClNO4. The summed E-state index contributed by atoms with van der Waals surface area (Å²) >= 11 is 6.16. The van der Waals surface area contributed by atoms with Crippen LogP contribution in [0.15, 0.2) is 18.2 Å². The van der Waals surface area contributed by atoms with E-state index in [2.05, 4.69) is 0 Å². The zero-order chi connectivity index (χ0) is 20.1. The van der Waals surface area contributed by atoms with Crippen LogP contribution in [0.3, 0.4) is 0 Å². The molecule has 0 aliphatic heterocycles. The molecule has 0 saturated carbocycles. The van der Waals surface area contributed by atoms with E-state index in [-0.39, 0.29) is 30.3 Å². The van der Waals surface area contributed by atoms with Crippen LogP contribution < -0.4 is 0 Å². The van der Waals surface area contributed by atoms with E-state index >= 15 is 0 Å². The Morgan fingerprint density at radius 2 is 1.89 bits per heavy atom. The minimum atomic E-state index is -0.902. The smallest absolute Gasteiger partial charge is 0.303 e. The topological polar surface area (TPSA) is 76.4 Å². The van der Waals surface area contributed by atoms with Crippen molar-refractivity contribution in [2.24, 2.45) is 13.0 Å². The Kier molecular flexibility index (Phi) is 7.19. The molecule has 0 saturated heterocycles. The molecule has 1 unspecified atom stereocenters. The number of carbonyl (C=O) groups is 3. The largest absolute Gasteiger partial charge is 0.481 e. The molecule has 1 heterocycles. The molecule has 2 aromatic rings. The van der Waals surface area contributed by atoms with Crippen molar-refractivity contribution < 1.29 is 19.5 Å². The van der Waals surface area contributed by atoms with E-state index in [1.54, 1.807) is 26.0 Å². The molecule has 2 rings (SSSR count). The number of aliphatic carboxylic acids is 1. The number of hydrogen-bond donors (Lipinski definition) is 1. The minimum absolute atomic E-state index is 0.0365. The highest BCUT2D eigenvalue weighted by molar-refractivity contribution is 6.31. The molecular weight excluding hydrogens is 366 g/mol.